The molecule has 1 amide bonds. The Kier molecular flexibility index (Phi) is 5.30. The summed E-state index contributed by atoms with van der Waals surface area (Å²) >= 11 is 6.10. The minimum atomic E-state index is -0.0985. The van der Waals surface area contributed by atoms with Crippen molar-refractivity contribution in [2.45, 2.75) is 39.2 Å². The fourth-order valence-corrected chi connectivity index (χ4v) is 3.77. The summed E-state index contributed by atoms with van der Waals surface area (Å²) in [5, 5.41) is 4.27. The molecule has 0 spiro atoms. The molecular formula is C20H26ClN3O. The van der Waals surface area contributed by atoms with Gasteiger partial charge in [-0.2, -0.15) is 0 Å². The molecular weight excluding hydrogens is 334 g/mol. The summed E-state index contributed by atoms with van der Waals surface area (Å²) in [4.78, 5) is 19.6. The van der Waals surface area contributed by atoms with Crippen LogP contribution in [0.1, 0.15) is 44.0 Å². The highest BCUT2D eigenvalue weighted by atomic mass is 35.5. The van der Waals surface area contributed by atoms with Crippen LogP contribution < -0.4 is 5.32 Å². The second kappa shape index (κ2) is 7.30. The van der Waals surface area contributed by atoms with E-state index in [0.717, 1.165) is 24.0 Å². The number of hydrogen-bond acceptors (Lipinski definition) is 3. The number of para-hydroxylation sites is 1. The minimum Gasteiger partial charge on any atom is -0.350 e. The van der Waals surface area contributed by atoms with Crippen molar-refractivity contribution < 1.29 is 4.79 Å². The van der Waals surface area contributed by atoms with Crippen LogP contribution in [0.25, 0.3) is 10.9 Å². The molecule has 1 saturated heterocycles. The number of rotatable bonds is 4. The van der Waals surface area contributed by atoms with Gasteiger partial charge in [0.1, 0.15) is 5.15 Å². The summed E-state index contributed by atoms with van der Waals surface area (Å²) in [5.41, 5.74) is 1.25. The highest BCUT2D eigenvalue weighted by molar-refractivity contribution is 6.30. The van der Waals surface area contributed by atoms with Gasteiger partial charge in [-0.15, -0.1) is 0 Å². The summed E-state index contributed by atoms with van der Waals surface area (Å²) in [5.74, 6) is 0.616. The molecule has 5 heteroatoms. The Labute approximate surface area is 154 Å². The molecule has 1 atom stereocenters. The zero-order chi connectivity index (χ0) is 18.0. The fraction of sp³-hybridized carbons (Fsp3) is 0.500. The van der Waals surface area contributed by atoms with Crippen molar-refractivity contribution in [3.05, 3.63) is 41.0 Å². The van der Waals surface area contributed by atoms with E-state index >= 15 is 0 Å². The Morgan fingerprint density at radius 1 is 1.40 bits per heavy atom. The second-order valence-corrected chi connectivity index (χ2v) is 8.09. The molecule has 2 heterocycles. The molecule has 0 radical (unpaired) electrons. The summed E-state index contributed by atoms with van der Waals surface area (Å²) in [6.45, 7) is 9.48. The Hall–Kier alpha value is -1.65. The minimum absolute atomic E-state index is 0.0725. The van der Waals surface area contributed by atoms with Gasteiger partial charge in [0.2, 0.25) is 0 Å². The Bertz CT molecular complexity index is 775. The fourth-order valence-electron chi connectivity index (χ4n) is 3.57. The number of benzene rings is 1. The number of amides is 1. The molecule has 1 unspecified atom stereocenters. The van der Waals surface area contributed by atoms with Gasteiger partial charge in [0.15, 0.2) is 0 Å². The van der Waals surface area contributed by atoms with Crippen LogP contribution in [0.5, 0.6) is 0 Å². The van der Waals surface area contributed by atoms with E-state index in [9.17, 15) is 4.79 Å². The molecule has 25 heavy (non-hydrogen) atoms. The van der Waals surface area contributed by atoms with Crippen LogP contribution in [-0.2, 0) is 0 Å². The molecule has 0 saturated carbocycles. The first-order valence-corrected chi connectivity index (χ1v) is 9.33. The van der Waals surface area contributed by atoms with Crippen molar-refractivity contribution in [3.63, 3.8) is 0 Å². The van der Waals surface area contributed by atoms with Crippen molar-refractivity contribution in [3.8, 4) is 0 Å². The molecule has 1 aliphatic heterocycles. The first-order valence-electron chi connectivity index (χ1n) is 8.95. The zero-order valence-corrected chi connectivity index (χ0v) is 15.9. The highest BCUT2D eigenvalue weighted by Gasteiger charge is 2.30. The van der Waals surface area contributed by atoms with Gasteiger partial charge in [0.05, 0.1) is 11.1 Å². The van der Waals surface area contributed by atoms with Gasteiger partial charge >= 0.3 is 0 Å². The number of hydrogen-bond donors (Lipinski definition) is 1. The van der Waals surface area contributed by atoms with Crippen LogP contribution in [0.2, 0.25) is 5.15 Å². The number of carbonyl (C=O) groups excluding carboxylic acids is 1. The predicted octanol–water partition coefficient (Wildman–Crippen LogP) is 4.13. The maximum atomic E-state index is 12.8. The van der Waals surface area contributed by atoms with E-state index in [4.69, 9.17) is 11.6 Å². The number of aromatic nitrogens is 1. The number of nitrogens with zero attached hydrogens (tertiary/aromatic N) is 2. The van der Waals surface area contributed by atoms with Crippen LogP contribution in [-0.4, -0.2) is 41.0 Å². The van der Waals surface area contributed by atoms with E-state index in [1.54, 1.807) is 6.07 Å². The molecule has 4 nitrogen and oxygen atoms in total. The number of nitrogens with one attached hydrogen (secondary N) is 1. The SMILES string of the molecule is CC1CCCN(C(C)(C)CNC(=O)c2cc(Cl)nc3ccccc23)C1. The van der Waals surface area contributed by atoms with E-state index in [2.05, 4.69) is 36.0 Å². The smallest absolute Gasteiger partial charge is 0.252 e. The van der Waals surface area contributed by atoms with Gasteiger partial charge in [-0.05, 0) is 51.3 Å². The normalized spacial score (nSPS) is 19.1. The number of likely N-dealkylation sites (tertiary alicyclic amines) is 1. The van der Waals surface area contributed by atoms with Crippen molar-refractivity contribution in [2.75, 3.05) is 19.6 Å². The third-order valence-electron chi connectivity index (χ3n) is 5.12. The quantitative estimate of drug-likeness (QED) is 0.835. The summed E-state index contributed by atoms with van der Waals surface area (Å²) < 4.78 is 0. The average Bonchev–Trinajstić information content (AvgIpc) is 2.59. The third kappa shape index (κ3) is 4.13. The second-order valence-electron chi connectivity index (χ2n) is 7.70. The monoisotopic (exact) mass is 359 g/mol. The van der Waals surface area contributed by atoms with Crippen LogP contribution in [0.4, 0.5) is 0 Å². The highest BCUT2D eigenvalue weighted by Crippen LogP contribution is 2.24. The largest absolute Gasteiger partial charge is 0.350 e. The molecule has 1 fully saturated rings. The number of piperidine rings is 1. The lowest BCUT2D eigenvalue weighted by Crippen LogP contribution is -2.54. The molecule has 1 N–H and O–H groups in total. The van der Waals surface area contributed by atoms with E-state index in [-0.39, 0.29) is 11.4 Å². The van der Waals surface area contributed by atoms with Crippen LogP contribution in [0.3, 0.4) is 0 Å². The van der Waals surface area contributed by atoms with E-state index in [1.807, 2.05) is 24.3 Å². The first kappa shape index (κ1) is 18.2. The molecule has 3 rings (SSSR count). The average molecular weight is 360 g/mol. The van der Waals surface area contributed by atoms with Gasteiger partial charge in [-0.3, -0.25) is 9.69 Å². The standard InChI is InChI=1S/C20H26ClN3O/c1-14-7-6-10-24(12-14)20(2,3)13-22-19(25)16-11-18(21)23-17-9-5-4-8-15(16)17/h4-5,8-9,11,14H,6-7,10,12-13H2,1-3H3,(H,22,25). The third-order valence-corrected chi connectivity index (χ3v) is 5.32. The first-order chi connectivity index (χ1) is 11.9. The van der Waals surface area contributed by atoms with Gasteiger partial charge in [-0.25, -0.2) is 4.98 Å². The number of fused-ring (bicyclic) bond motifs is 1. The molecule has 1 aromatic carbocycles. The maximum absolute atomic E-state index is 12.8. The Morgan fingerprint density at radius 2 is 2.16 bits per heavy atom. The lowest BCUT2D eigenvalue weighted by atomic mass is 9.93. The van der Waals surface area contributed by atoms with Gasteiger partial charge in [0, 0.05) is 24.0 Å². The van der Waals surface area contributed by atoms with E-state index in [0.29, 0.717) is 23.2 Å². The molecule has 2 aromatic rings. The van der Waals surface area contributed by atoms with Gasteiger partial charge < -0.3 is 5.32 Å². The summed E-state index contributed by atoms with van der Waals surface area (Å²) in [7, 11) is 0. The van der Waals surface area contributed by atoms with Crippen molar-refractivity contribution >= 4 is 28.4 Å². The molecule has 0 bridgehead atoms. The molecule has 1 aromatic heterocycles. The van der Waals surface area contributed by atoms with Crippen molar-refractivity contribution in [2.24, 2.45) is 5.92 Å². The number of carbonyl (C=O) groups is 1. The van der Waals surface area contributed by atoms with E-state index in [1.165, 1.54) is 12.8 Å². The summed E-state index contributed by atoms with van der Waals surface area (Å²) in [6.07, 6.45) is 2.52. The molecule has 134 valence electrons. The zero-order valence-electron chi connectivity index (χ0n) is 15.2. The van der Waals surface area contributed by atoms with E-state index < -0.39 is 0 Å². The number of pyridine rings is 1. The Morgan fingerprint density at radius 3 is 2.92 bits per heavy atom. The Balaban J connectivity index is 1.74. The van der Waals surface area contributed by atoms with Crippen LogP contribution >= 0.6 is 11.6 Å². The predicted molar refractivity (Wildman–Crippen MR) is 103 cm³/mol. The maximum Gasteiger partial charge on any atom is 0.252 e. The number of halogens is 1. The molecule has 0 aliphatic carbocycles. The van der Waals surface area contributed by atoms with Crippen molar-refractivity contribution in [1.29, 1.82) is 0 Å². The topological polar surface area (TPSA) is 45.2 Å². The van der Waals surface area contributed by atoms with Crippen LogP contribution in [0, 0.1) is 5.92 Å². The van der Waals surface area contributed by atoms with Crippen LogP contribution in [0.15, 0.2) is 30.3 Å². The van der Waals surface area contributed by atoms with Gasteiger partial charge in [0.25, 0.3) is 5.91 Å². The van der Waals surface area contributed by atoms with Crippen molar-refractivity contribution in [1.82, 2.24) is 15.2 Å². The lowest BCUT2D eigenvalue weighted by Gasteiger charge is -2.43. The lowest BCUT2D eigenvalue weighted by molar-refractivity contribution is 0.0658. The summed E-state index contributed by atoms with van der Waals surface area (Å²) in [6, 6.07) is 9.24. The van der Waals surface area contributed by atoms with Gasteiger partial charge in [-0.1, -0.05) is 36.7 Å². The molecule has 1 aliphatic rings.